The molecule has 0 spiro atoms. The van der Waals surface area contributed by atoms with Crippen molar-refractivity contribution < 1.29 is 14.5 Å². The SMILES string of the molecule is CC(C)(C)OC(=O)Nc1cccc([N+](=O)[O-])c1.CC1CC(c2nncn2C)C1. The smallest absolute Gasteiger partial charge is 0.412 e. The van der Waals surface area contributed by atoms with E-state index in [1.54, 1.807) is 33.2 Å². The summed E-state index contributed by atoms with van der Waals surface area (Å²) in [6, 6.07) is 5.66. The van der Waals surface area contributed by atoms with Crippen molar-refractivity contribution in [2.75, 3.05) is 5.32 Å². The van der Waals surface area contributed by atoms with Crippen LogP contribution in [0.3, 0.4) is 0 Å². The van der Waals surface area contributed by atoms with Crippen LogP contribution in [0.1, 0.15) is 52.3 Å². The number of carbonyl (C=O) groups excluding carboxylic acids is 1. The molecule has 152 valence electrons. The van der Waals surface area contributed by atoms with Gasteiger partial charge in [0, 0.05) is 25.1 Å². The Morgan fingerprint density at radius 2 is 2.04 bits per heavy atom. The van der Waals surface area contributed by atoms with Crippen LogP contribution in [0.15, 0.2) is 30.6 Å². The molecule has 0 bridgehead atoms. The Kier molecular flexibility index (Phi) is 6.71. The van der Waals surface area contributed by atoms with Gasteiger partial charge in [0.05, 0.1) is 10.6 Å². The van der Waals surface area contributed by atoms with Gasteiger partial charge < -0.3 is 9.30 Å². The van der Waals surface area contributed by atoms with Crippen molar-refractivity contribution in [3.63, 3.8) is 0 Å². The third-order valence-corrected chi connectivity index (χ3v) is 4.19. The summed E-state index contributed by atoms with van der Waals surface area (Å²) in [4.78, 5) is 21.4. The molecule has 9 heteroatoms. The zero-order chi connectivity index (χ0) is 20.9. The maximum absolute atomic E-state index is 11.4. The number of benzene rings is 1. The van der Waals surface area contributed by atoms with Crippen LogP contribution >= 0.6 is 0 Å². The minimum atomic E-state index is -0.641. The van der Waals surface area contributed by atoms with Gasteiger partial charge in [0.1, 0.15) is 17.8 Å². The third kappa shape index (κ3) is 6.33. The number of nitrogens with one attached hydrogen (secondary N) is 1. The molecule has 28 heavy (non-hydrogen) atoms. The number of ether oxygens (including phenoxy) is 1. The van der Waals surface area contributed by atoms with E-state index in [0.717, 1.165) is 11.7 Å². The van der Waals surface area contributed by atoms with Crippen LogP contribution in [0.4, 0.5) is 16.2 Å². The Hall–Kier alpha value is -2.97. The summed E-state index contributed by atoms with van der Waals surface area (Å²) in [5.74, 6) is 2.72. The number of non-ortho nitro benzene ring substituents is 1. The lowest BCUT2D eigenvalue weighted by atomic mass is 9.76. The van der Waals surface area contributed by atoms with Gasteiger partial charge in [-0.3, -0.25) is 15.4 Å². The van der Waals surface area contributed by atoms with Gasteiger partial charge in [0.25, 0.3) is 5.69 Å². The van der Waals surface area contributed by atoms with Crippen LogP contribution in [0.25, 0.3) is 0 Å². The Morgan fingerprint density at radius 1 is 1.36 bits per heavy atom. The number of amides is 1. The summed E-state index contributed by atoms with van der Waals surface area (Å²) in [6.07, 6.45) is 3.70. The molecule has 2 aromatic rings. The topological polar surface area (TPSA) is 112 Å². The summed E-state index contributed by atoms with van der Waals surface area (Å²) in [7, 11) is 2.01. The zero-order valence-corrected chi connectivity index (χ0v) is 16.9. The molecule has 1 saturated carbocycles. The molecule has 0 radical (unpaired) electrons. The van der Waals surface area contributed by atoms with E-state index in [2.05, 4.69) is 22.4 Å². The molecule has 1 aliphatic rings. The first-order valence-corrected chi connectivity index (χ1v) is 9.13. The van der Waals surface area contributed by atoms with E-state index in [4.69, 9.17) is 4.74 Å². The minimum Gasteiger partial charge on any atom is -0.444 e. The number of rotatable bonds is 3. The van der Waals surface area contributed by atoms with Crippen LogP contribution in [0.2, 0.25) is 0 Å². The van der Waals surface area contributed by atoms with E-state index in [1.165, 1.54) is 31.0 Å². The Balaban J connectivity index is 0.000000218. The highest BCUT2D eigenvalue weighted by molar-refractivity contribution is 5.85. The largest absolute Gasteiger partial charge is 0.444 e. The van der Waals surface area contributed by atoms with Crippen molar-refractivity contribution in [2.45, 2.75) is 52.1 Å². The first kappa shape index (κ1) is 21.3. The summed E-state index contributed by atoms with van der Waals surface area (Å²) < 4.78 is 7.05. The Morgan fingerprint density at radius 3 is 2.54 bits per heavy atom. The molecular formula is C19H27N5O4. The molecule has 1 aromatic heterocycles. The van der Waals surface area contributed by atoms with Crippen molar-refractivity contribution in [3.8, 4) is 0 Å². The molecule has 3 rings (SSSR count). The van der Waals surface area contributed by atoms with E-state index in [0.29, 0.717) is 11.6 Å². The van der Waals surface area contributed by atoms with Gasteiger partial charge in [-0.2, -0.15) is 0 Å². The van der Waals surface area contributed by atoms with E-state index < -0.39 is 16.6 Å². The quantitative estimate of drug-likeness (QED) is 0.619. The number of hydrogen-bond donors (Lipinski definition) is 1. The number of aryl methyl sites for hydroxylation is 1. The van der Waals surface area contributed by atoms with Crippen molar-refractivity contribution >= 4 is 17.5 Å². The van der Waals surface area contributed by atoms with Crippen molar-refractivity contribution in [2.24, 2.45) is 13.0 Å². The van der Waals surface area contributed by atoms with Gasteiger partial charge >= 0.3 is 6.09 Å². The fraction of sp³-hybridized carbons (Fsp3) is 0.526. The zero-order valence-electron chi connectivity index (χ0n) is 16.9. The monoisotopic (exact) mass is 389 g/mol. The highest BCUT2D eigenvalue weighted by Gasteiger charge is 2.29. The van der Waals surface area contributed by atoms with E-state index >= 15 is 0 Å². The molecule has 0 saturated heterocycles. The normalized spacial score (nSPS) is 18.3. The van der Waals surface area contributed by atoms with Gasteiger partial charge in [-0.25, -0.2) is 4.79 Å². The third-order valence-electron chi connectivity index (χ3n) is 4.19. The molecule has 9 nitrogen and oxygen atoms in total. The molecule has 0 atom stereocenters. The summed E-state index contributed by atoms with van der Waals surface area (Å²) in [6.45, 7) is 7.49. The molecule has 1 amide bonds. The van der Waals surface area contributed by atoms with Crippen LogP contribution in [0.5, 0.6) is 0 Å². The predicted octanol–water partition coefficient (Wildman–Crippen LogP) is 4.27. The van der Waals surface area contributed by atoms with Crippen LogP contribution in [-0.4, -0.2) is 31.4 Å². The van der Waals surface area contributed by atoms with E-state index in [9.17, 15) is 14.9 Å². The molecule has 1 N–H and O–H groups in total. The lowest BCUT2D eigenvalue weighted by Crippen LogP contribution is -2.27. The maximum Gasteiger partial charge on any atom is 0.412 e. The Labute approximate surface area is 164 Å². The van der Waals surface area contributed by atoms with Crippen molar-refractivity contribution in [3.05, 3.63) is 46.5 Å². The molecule has 0 unspecified atom stereocenters. The van der Waals surface area contributed by atoms with Crippen LogP contribution < -0.4 is 5.32 Å². The molecule has 1 aliphatic carbocycles. The second-order valence-corrected chi connectivity index (χ2v) is 8.01. The second kappa shape index (κ2) is 8.81. The number of hydrogen-bond acceptors (Lipinski definition) is 6. The fourth-order valence-corrected chi connectivity index (χ4v) is 2.89. The number of nitro groups is 1. The van der Waals surface area contributed by atoms with Gasteiger partial charge in [-0.15, -0.1) is 10.2 Å². The van der Waals surface area contributed by atoms with Crippen molar-refractivity contribution in [1.29, 1.82) is 0 Å². The standard InChI is InChI=1S/C11H14N2O4.C8H13N3/c1-11(2,3)17-10(14)12-8-5-4-6-9(7-8)13(15)16;1-6-3-7(4-6)8-10-9-5-11(8)2/h4-7H,1-3H3,(H,12,14);5-7H,3-4H2,1-2H3. The first-order valence-electron chi connectivity index (χ1n) is 9.13. The molecule has 1 aromatic carbocycles. The fourth-order valence-electron chi connectivity index (χ4n) is 2.89. The molecule has 1 fully saturated rings. The molecular weight excluding hydrogens is 362 g/mol. The van der Waals surface area contributed by atoms with Crippen LogP contribution in [-0.2, 0) is 11.8 Å². The van der Waals surface area contributed by atoms with Gasteiger partial charge in [-0.1, -0.05) is 13.0 Å². The van der Waals surface area contributed by atoms with Gasteiger partial charge in [0.15, 0.2) is 0 Å². The van der Waals surface area contributed by atoms with E-state index in [1.807, 2.05) is 11.6 Å². The lowest BCUT2D eigenvalue weighted by molar-refractivity contribution is -0.384. The predicted molar refractivity (Wildman–Crippen MR) is 105 cm³/mol. The molecule has 1 heterocycles. The minimum absolute atomic E-state index is 0.0847. The average molecular weight is 389 g/mol. The number of carbonyl (C=O) groups is 1. The number of nitrogens with zero attached hydrogens (tertiary/aromatic N) is 4. The van der Waals surface area contributed by atoms with Crippen LogP contribution in [0, 0.1) is 16.0 Å². The summed E-state index contributed by atoms with van der Waals surface area (Å²) in [5, 5.41) is 20.9. The highest BCUT2D eigenvalue weighted by atomic mass is 16.6. The average Bonchev–Trinajstić information content (AvgIpc) is 2.96. The van der Waals surface area contributed by atoms with E-state index in [-0.39, 0.29) is 5.69 Å². The summed E-state index contributed by atoms with van der Waals surface area (Å²) in [5.41, 5.74) is -0.364. The highest BCUT2D eigenvalue weighted by Crippen LogP contribution is 2.39. The first-order chi connectivity index (χ1) is 13.0. The van der Waals surface area contributed by atoms with Gasteiger partial charge in [-0.05, 0) is 45.6 Å². The molecule has 0 aliphatic heterocycles. The second-order valence-electron chi connectivity index (χ2n) is 8.01. The number of anilines is 1. The van der Waals surface area contributed by atoms with Crippen molar-refractivity contribution in [1.82, 2.24) is 14.8 Å². The Bertz CT molecular complexity index is 822. The summed E-state index contributed by atoms with van der Waals surface area (Å²) >= 11 is 0. The van der Waals surface area contributed by atoms with Gasteiger partial charge in [0.2, 0.25) is 0 Å². The number of nitro benzene ring substituents is 1. The lowest BCUT2D eigenvalue weighted by Gasteiger charge is -2.31. The maximum atomic E-state index is 11.4. The number of aromatic nitrogens is 3.